The molecular formula is C17H14N6OS2. The summed E-state index contributed by atoms with van der Waals surface area (Å²) in [6.45, 7) is 0.338. The number of hydrogen-bond donors (Lipinski definition) is 1. The number of nitrogens with zero attached hydrogens (tertiary/aromatic N) is 5. The highest BCUT2D eigenvalue weighted by Crippen LogP contribution is 2.28. The molecule has 4 rings (SSSR count). The second kappa shape index (κ2) is 7.63. The second-order valence-electron chi connectivity index (χ2n) is 5.37. The van der Waals surface area contributed by atoms with Crippen molar-refractivity contribution >= 4 is 39.2 Å². The van der Waals surface area contributed by atoms with Crippen molar-refractivity contribution in [3.05, 3.63) is 60.7 Å². The maximum Gasteiger partial charge on any atom is 0.230 e. The Morgan fingerprint density at radius 2 is 2.04 bits per heavy atom. The van der Waals surface area contributed by atoms with Crippen molar-refractivity contribution in [3.8, 4) is 5.69 Å². The number of hydrogen-bond acceptors (Lipinski definition) is 7. The van der Waals surface area contributed by atoms with Crippen molar-refractivity contribution in [2.24, 2.45) is 0 Å². The van der Waals surface area contributed by atoms with E-state index >= 15 is 0 Å². The Morgan fingerprint density at radius 1 is 1.19 bits per heavy atom. The second-order valence-corrected chi connectivity index (χ2v) is 7.63. The van der Waals surface area contributed by atoms with E-state index in [1.54, 1.807) is 34.6 Å². The highest BCUT2D eigenvalue weighted by atomic mass is 32.2. The molecule has 1 N–H and O–H groups in total. The highest BCUT2D eigenvalue weighted by molar-refractivity contribution is 8.01. The van der Waals surface area contributed by atoms with E-state index in [4.69, 9.17) is 0 Å². The normalized spacial score (nSPS) is 10.9. The van der Waals surface area contributed by atoms with Crippen LogP contribution in [0.2, 0.25) is 0 Å². The van der Waals surface area contributed by atoms with Gasteiger partial charge in [-0.2, -0.15) is 0 Å². The third-order valence-corrected chi connectivity index (χ3v) is 5.72. The lowest BCUT2D eigenvalue weighted by Crippen LogP contribution is -2.24. The number of amides is 1. The van der Waals surface area contributed by atoms with E-state index < -0.39 is 0 Å². The van der Waals surface area contributed by atoms with Gasteiger partial charge in [0.2, 0.25) is 5.91 Å². The molecule has 4 aromatic rings. The van der Waals surface area contributed by atoms with Crippen LogP contribution in [0.25, 0.3) is 15.9 Å². The van der Waals surface area contributed by atoms with Crippen molar-refractivity contribution in [2.75, 3.05) is 5.75 Å². The van der Waals surface area contributed by atoms with Crippen LogP contribution in [0.15, 0.2) is 59.3 Å². The highest BCUT2D eigenvalue weighted by Gasteiger charge is 2.09. The number of para-hydroxylation sites is 1. The largest absolute Gasteiger partial charge is 0.350 e. The van der Waals surface area contributed by atoms with Crippen LogP contribution in [0, 0.1) is 0 Å². The van der Waals surface area contributed by atoms with Gasteiger partial charge < -0.3 is 5.32 Å². The fraction of sp³-hybridized carbons (Fsp3) is 0.118. The number of aromatic nitrogens is 5. The van der Waals surface area contributed by atoms with Crippen molar-refractivity contribution in [1.29, 1.82) is 0 Å². The van der Waals surface area contributed by atoms with Gasteiger partial charge in [-0.15, -0.1) is 16.4 Å². The first-order chi connectivity index (χ1) is 12.8. The Morgan fingerprint density at radius 3 is 2.88 bits per heavy atom. The molecule has 0 saturated heterocycles. The molecule has 0 radical (unpaired) electrons. The monoisotopic (exact) mass is 382 g/mol. The van der Waals surface area contributed by atoms with Gasteiger partial charge in [0.1, 0.15) is 5.69 Å². The first-order valence-corrected chi connectivity index (χ1v) is 9.65. The Labute approximate surface area is 157 Å². The summed E-state index contributed by atoms with van der Waals surface area (Å²) in [5.74, 6) is 0.255. The molecule has 7 nitrogen and oxygen atoms in total. The number of benzene rings is 1. The van der Waals surface area contributed by atoms with Crippen molar-refractivity contribution in [1.82, 2.24) is 30.3 Å². The first kappa shape index (κ1) is 16.7. The van der Waals surface area contributed by atoms with Gasteiger partial charge in [-0.25, -0.2) is 9.67 Å². The minimum Gasteiger partial charge on any atom is -0.350 e. The molecule has 0 fully saturated rings. The van der Waals surface area contributed by atoms with Crippen molar-refractivity contribution < 1.29 is 4.79 Å². The summed E-state index contributed by atoms with van der Waals surface area (Å²) in [7, 11) is 0. The van der Waals surface area contributed by atoms with Crippen LogP contribution in [-0.2, 0) is 11.3 Å². The van der Waals surface area contributed by atoms with Crippen LogP contribution < -0.4 is 5.32 Å². The van der Waals surface area contributed by atoms with Crippen LogP contribution in [0.4, 0.5) is 0 Å². The van der Waals surface area contributed by atoms with E-state index in [2.05, 4.69) is 25.6 Å². The summed E-state index contributed by atoms with van der Waals surface area (Å²) in [5.41, 5.74) is 2.53. The number of carbonyl (C=O) groups is 1. The molecule has 1 amide bonds. The topological polar surface area (TPSA) is 85.6 Å². The molecule has 9 heteroatoms. The summed E-state index contributed by atoms with van der Waals surface area (Å²) in [6.07, 6.45) is 5.17. The fourth-order valence-corrected chi connectivity index (χ4v) is 4.18. The summed E-state index contributed by atoms with van der Waals surface area (Å²) >= 11 is 3.03. The molecule has 3 aromatic heterocycles. The van der Waals surface area contributed by atoms with Crippen LogP contribution >= 0.6 is 23.1 Å². The third kappa shape index (κ3) is 3.89. The molecule has 0 unspecified atom stereocenters. The maximum atomic E-state index is 12.1. The van der Waals surface area contributed by atoms with Gasteiger partial charge in [-0.05, 0) is 24.3 Å². The van der Waals surface area contributed by atoms with E-state index in [1.807, 2.05) is 36.4 Å². The van der Waals surface area contributed by atoms with E-state index in [0.717, 1.165) is 20.2 Å². The molecule has 0 bridgehead atoms. The zero-order valence-electron chi connectivity index (χ0n) is 13.6. The van der Waals surface area contributed by atoms with E-state index in [0.29, 0.717) is 18.0 Å². The summed E-state index contributed by atoms with van der Waals surface area (Å²) in [4.78, 5) is 20.5. The molecule has 0 aliphatic heterocycles. The number of nitrogens with one attached hydrogen (secondary N) is 1. The van der Waals surface area contributed by atoms with Crippen LogP contribution in [-0.4, -0.2) is 36.6 Å². The zero-order chi connectivity index (χ0) is 17.8. The van der Waals surface area contributed by atoms with Gasteiger partial charge in [0.25, 0.3) is 0 Å². The summed E-state index contributed by atoms with van der Waals surface area (Å²) in [6, 6.07) is 11.6. The fourth-order valence-electron chi connectivity index (χ4n) is 2.28. The van der Waals surface area contributed by atoms with Crippen molar-refractivity contribution in [2.45, 2.75) is 10.9 Å². The minimum absolute atomic E-state index is 0.0623. The Balaban J connectivity index is 1.29. The molecule has 0 atom stereocenters. The van der Waals surface area contributed by atoms with E-state index in [-0.39, 0.29) is 5.91 Å². The lowest BCUT2D eigenvalue weighted by Gasteiger charge is -2.01. The molecule has 1 aromatic carbocycles. The van der Waals surface area contributed by atoms with E-state index in [1.165, 1.54) is 11.8 Å². The molecule has 130 valence electrons. The molecule has 26 heavy (non-hydrogen) atoms. The Kier molecular flexibility index (Phi) is 4.89. The summed E-state index contributed by atoms with van der Waals surface area (Å²) in [5, 5.41) is 11.0. The molecule has 0 aliphatic carbocycles. The molecule has 0 spiro atoms. The standard InChI is InChI=1S/C17H14N6OS2/c24-16(11-25-17-20-14-3-1-2-4-15(14)26-17)19-9-12-10-23(22-21-12)13-5-7-18-8-6-13/h1-8,10H,9,11H2,(H,19,24). The van der Waals surface area contributed by atoms with Gasteiger partial charge in [0.05, 0.1) is 34.4 Å². The molecule has 0 saturated carbocycles. The van der Waals surface area contributed by atoms with Gasteiger partial charge in [-0.3, -0.25) is 9.78 Å². The van der Waals surface area contributed by atoms with Gasteiger partial charge in [-0.1, -0.05) is 29.1 Å². The van der Waals surface area contributed by atoms with Crippen LogP contribution in [0.3, 0.4) is 0 Å². The number of rotatable bonds is 6. The Hall–Kier alpha value is -2.78. The average Bonchev–Trinajstić information content (AvgIpc) is 3.32. The maximum absolute atomic E-state index is 12.1. The quantitative estimate of drug-likeness (QED) is 0.516. The molecule has 0 aliphatic rings. The lowest BCUT2D eigenvalue weighted by molar-refractivity contribution is -0.118. The number of carbonyl (C=O) groups excluding carboxylic acids is 1. The van der Waals surface area contributed by atoms with Crippen LogP contribution in [0.1, 0.15) is 5.69 Å². The average molecular weight is 382 g/mol. The number of pyridine rings is 1. The number of thiazole rings is 1. The lowest BCUT2D eigenvalue weighted by atomic mass is 10.3. The third-order valence-electron chi connectivity index (χ3n) is 3.54. The van der Waals surface area contributed by atoms with Crippen molar-refractivity contribution in [3.63, 3.8) is 0 Å². The van der Waals surface area contributed by atoms with Gasteiger partial charge in [0.15, 0.2) is 4.34 Å². The zero-order valence-corrected chi connectivity index (χ0v) is 15.2. The SMILES string of the molecule is O=C(CSc1nc2ccccc2s1)NCc1cn(-c2ccncc2)nn1. The van der Waals surface area contributed by atoms with Crippen LogP contribution in [0.5, 0.6) is 0 Å². The summed E-state index contributed by atoms with van der Waals surface area (Å²) < 4.78 is 3.67. The smallest absolute Gasteiger partial charge is 0.230 e. The number of thioether (sulfide) groups is 1. The Bertz CT molecular complexity index is 997. The van der Waals surface area contributed by atoms with E-state index in [9.17, 15) is 4.79 Å². The molecule has 3 heterocycles. The van der Waals surface area contributed by atoms with Gasteiger partial charge >= 0.3 is 0 Å². The predicted molar refractivity (Wildman–Crippen MR) is 101 cm³/mol. The number of fused-ring (bicyclic) bond motifs is 1. The minimum atomic E-state index is -0.0623. The molecular weight excluding hydrogens is 368 g/mol. The predicted octanol–water partition coefficient (Wildman–Crippen LogP) is 2.68. The van der Waals surface area contributed by atoms with Gasteiger partial charge in [0, 0.05) is 12.4 Å². The first-order valence-electron chi connectivity index (χ1n) is 7.84.